The van der Waals surface area contributed by atoms with Gasteiger partial charge in [0.25, 0.3) is 5.78 Å². The molecule has 12 heteroatoms. The number of esters is 3. The Morgan fingerprint density at radius 2 is 1.23 bits per heavy atom. The van der Waals surface area contributed by atoms with Crippen LogP contribution in [0, 0.1) is 52.3 Å². The summed E-state index contributed by atoms with van der Waals surface area (Å²) in [5.74, 6) is 15.3. The van der Waals surface area contributed by atoms with Gasteiger partial charge in [-0.25, -0.2) is 0 Å². The fraction of sp³-hybridized carbons (Fsp3) is 0.520. The second kappa shape index (κ2) is 21.0. The average molecular weight is 869 g/mol. The Balaban J connectivity index is 0.000000404. The first-order valence-corrected chi connectivity index (χ1v) is 20.9. The van der Waals surface area contributed by atoms with Crippen LogP contribution in [-0.4, -0.2) is 61.3 Å². The number of ether oxygens (including phenoxy) is 3. The van der Waals surface area contributed by atoms with Gasteiger partial charge in [-0.15, -0.1) is 22.5 Å². The number of aromatic nitrogens is 4. The van der Waals surface area contributed by atoms with Crippen molar-refractivity contribution in [2.75, 3.05) is 11.9 Å². The molecule has 0 atom stereocenters. The zero-order valence-electron chi connectivity index (χ0n) is 39.9. The van der Waals surface area contributed by atoms with E-state index in [-0.39, 0.29) is 36.2 Å². The third-order valence-corrected chi connectivity index (χ3v) is 8.40. The van der Waals surface area contributed by atoms with Crippen molar-refractivity contribution >= 4 is 57.7 Å². The second-order valence-electron chi connectivity index (χ2n) is 19.9. The Morgan fingerprint density at radius 1 is 0.726 bits per heavy atom. The highest BCUT2D eigenvalue weighted by atomic mass is 35.5. The molecular weight excluding hydrogens is 802 g/mol. The summed E-state index contributed by atoms with van der Waals surface area (Å²) < 4.78 is 17.6. The summed E-state index contributed by atoms with van der Waals surface area (Å²) in [5, 5.41) is 9.66. The summed E-state index contributed by atoms with van der Waals surface area (Å²) in [4.78, 5) is 41.8. The largest absolute Gasteiger partial charge is 0.460 e. The lowest BCUT2D eigenvalue weighted by atomic mass is 9.90. The molecule has 0 amide bonds. The molecule has 4 rings (SSSR count). The van der Waals surface area contributed by atoms with Crippen LogP contribution in [0.5, 0.6) is 0 Å². The molecule has 334 valence electrons. The molecule has 62 heavy (non-hydrogen) atoms. The van der Waals surface area contributed by atoms with Gasteiger partial charge in [-0.05, 0) is 147 Å². The Kier molecular flexibility index (Phi) is 17.8. The number of anilines is 2. The van der Waals surface area contributed by atoms with E-state index in [0.717, 1.165) is 28.0 Å². The predicted molar refractivity (Wildman–Crippen MR) is 250 cm³/mol. The first kappa shape index (κ1) is 52.6. The summed E-state index contributed by atoms with van der Waals surface area (Å²) in [6.45, 7) is 29.9. The van der Waals surface area contributed by atoms with Crippen molar-refractivity contribution in [1.29, 1.82) is 0 Å². The fourth-order valence-electron chi connectivity index (χ4n) is 5.63. The number of carbonyl (C=O) groups excluding carboxylic acids is 3. The normalized spacial score (nSPS) is 11.8. The Bertz CT molecular complexity index is 2380. The van der Waals surface area contributed by atoms with Crippen LogP contribution in [-0.2, 0) is 28.6 Å². The molecular formula is C50H66ClN5O6. The van der Waals surface area contributed by atoms with E-state index in [9.17, 15) is 14.4 Å². The number of nitrogens with zero attached hydrogens (tertiary/aromatic N) is 5. The van der Waals surface area contributed by atoms with Gasteiger partial charge >= 0.3 is 17.9 Å². The molecule has 0 N–H and O–H groups in total. The van der Waals surface area contributed by atoms with Gasteiger partial charge in [-0.3, -0.25) is 18.8 Å². The van der Waals surface area contributed by atoms with Crippen LogP contribution in [0.15, 0.2) is 48.8 Å². The Hall–Kier alpha value is -5.57. The molecule has 0 aliphatic carbocycles. The minimum atomic E-state index is -0.528. The van der Waals surface area contributed by atoms with E-state index in [1.165, 1.54) is 0 Å². The Labute approximate surface area is 375 Å². The summed E-state index contributed by atoms with van der Waals surface area (Å²) in [6, 6.07) is 13.5. The summed E-state index contributed by atoms with van der Waals surface area (Å²) in [6.07, 6.45) is 7.70. The summed E-state index contributed by atoms with van der Waals surface area (Å²) in [7, 11) is 1.95. The SMILES string of the molecule is C#CC(C)(C)CC(=O)OC(C)(C)C.CC#CC(C)(C)CC(=O)OC(C)(C)C.CN(c1cccc(C#CC(C)(C)CC(=O)OC(C)(C)C)c1)c1nc2nncn2c2cc(Cl)ccc12. The van der Waals surface area contributed by atoms with Gasteiger partial charge in [0.1, 0.15) is 28.9 Å². The average Bonchev–Trinajstić information content (AvgIpc) is 3.57. The van der Waals surface area contributed by atoms with Crippen molar-refractivity contribution in [3.05, 3.63) is 59.4 Å². The highest BCUT2D eigenvalue weighted by Gasteiger charge is 2.26. The van der Waals surface area contributed by atoms with E-state index >= 15 is 0 Å². The molecule has 2 aromatic carbocycles. The van der Waals surface area contributed by atoms with Crippen LogP contribution in [0.2, 0.25) is 5.02 Å². The van der Waals surface area contributed by atoms with Crippen molar-refractivity contribution in [3.8, 4) is 36.0 Å². The van der Waals surface area contributed by atoms with Gasteiger partial charge in [0, 0.05) is 45.0 Å². The standard InChI is InChI=1S/C27H28ClN5O2.C12H20O2.C11H18O2/c1-26(2,3)35-23(34)16-27(4,5)13-12-18-8-7-9-20(14-18)32(6)24-21-11-10-19(28)15-22(21)33-17-29-31-25(33)30-24;1-7-8-12(5,6)9-10(13)14-11(2,3)4;1-7-11(5,6)8-9(12)13-10(2,3)4/h7-11,14-15,17H,16H2,1-6H3;9H2,1-6H3;1H,8H2,2-6H3. The molecule has 0 bridgehead atoms. The minimum absolute atomic E-state index is 0.190. The molecule has 0 fully saturated rings. The molecule has 0 radical (unpaired) electrons. The second-order valence-corrected chi connectivity index (χ2v) is 20.4. The molecule has 11 nitrogen and oxygen atoms in total. The van der Waals surface area contributed by atoms with Crippen molar-refractivity contribution in [2.45, 2.75) is 147 Å². The minimum Gasteiger partial charge on any atom is -0.460 e. The first-order chi connectivity index (χ1) is 28.2. The van der Waals surface area contributed by atoms with Crippen molar-refractivity contribution in [3.63, 3.8) is 0 Å². The smallest absolute Gasteiger partial charge is 0.307 e. The van der Waals surface area contributed by atoms with Crippen LogP contribution in [0.25, 0.3) is 16.7 Å². The number of hydrogen-bond donors (Lipinski definition) is 0. The van der Waals surface area contributed by atoms with Crippen molar-refractivity contribution in [1.82, 2.24) is 19.6 Å². The maximum absolute atomic E-state index is 12.3. The van der Waals surface area contributed by atoms with Gasteiger partial charge in [-0.2, -0.15) is 4.98 Å². The van der Waals surface area contributed by atoms with Gasteiger partial charge < -0.3 is 19.1 Å². The maximum Gasteiger partial charge on any atom is 0.307 e. The molecule has 0 unspecified atom stereocenters. The molecule has 2 aromatic heterocycles. The van der Waals surface area contributed by atoms with Gasteiger partial charge in [0.05, 0.1) is 24.8 Å². The Morgan fingerprint density at radius 3 is 1.71 bits per heavy atom. The van der Waals surface area contributed by atoms with Gasteiger partial charge in [0.2, 0.25) is 0 Å². The van der Waals surface area contributed by atoms with Gasteiger partial charge in [-0.1, -0.05) is 41.3 Å². The first-order valence-electron chi connectivity index (χ1n) is 20.5. The number of carbonyl (C=O) groups is 3. The maximum atomic E-state index is 12.3. The zero-order chi connectivity index (χ0) is 47.5. The number of halogens is 1. The van der Waals surface area contributed by atoms with Crippen molar-refractivity contribution < 1.29 is 28.6 Å². The van der Waals surface area contributed by atoms with E-state index in [0.29, 0.717) is 17.2 Å². The topological polar surface area (TPSA) is 125 Å². The molecule has 0 spiro atoms. The van der Waals surface area contributed by atoms with E-state index < -0.39 is 27.6 Å². The quantitative estimate of drug-likeness (QED) is 0.0960. The summed E-state index contributed by atoms with van der Waals surface area (Å²) >= 11 is 6.26. The van der Waals surface area contributed by atoms with Crippen LogP contribution in [0.1, 0.15) is 136 Å². The highest BCUT2D eigenvalue weighted by molar-refractivity contribution is 6.31. The highest BCUT2D eigenvalue weighted by Crippen LogP contribution is 2.32. The fourth-order valence-corrected chi connectivity index (χ4v) is 5.79. The molecule has 0 saturated heterocycles. The predicted octanol–water partition coefficient (Wildman–Crippen LogP) is 11.0. The van der Waals surface area contributed by atoms with Crippen LogP contribution >= 0.6 is 11.6 Å². The number of terminal acetylenes is 1. The molecule has 0 aliphatic heterocycles. The molecule has 2 heterocycles. The number of benzene rings is 2. The number of fused-ring (bicyclic) bond motifs is 3. The monoisotopic (exact) mass is 867 g/mol. The van der Waals surface area contributed by atoms with E-state index in [4.69, 9.17) is 37.2 Å². The van der Waals surface area contributed by atoms with Crippen LogP contribution in [0.4, 0.5) is 11.5 Å². The third-order valence-electron chi connectivity index (χ3n) is 8.17. The van der Waals surface area contributed by atoms with Crippen molar-refractivity contribution in [2.24, 2.45) is 16.2 Å². The zero-order valence-corrected chi connectivity index (χ0v) is 40.6. The molecule has 0 aliphatic rings. The number of rotatable bonds is 8. The van der Waals surface area contributed by atoms with Crippen LogP contribution in [0.3, 0.4) is 0 Å². The summed E-state index contributed by atoms with van der Waals surface area (Å²) in [5.41, 5.74) is 0.0259. The lowest BCUT2D eigenvalue weighted by molar-refractivity contribution is -0.157. The third kappa shape index (κ3) is 19.0. The lowest BCUT2D eigenvalue weighted by Crippen LogP contribution is -2.27. The number of hydrogen-bond acceptors (Lipinski definition) is 10. The lowest BCUT2D eigenvalue weighted by Gasteiger charge is -2.23. The van der Waals surface area contributed by atoms with E-state index in [2.05, 4.69) is 39.8 Å². The van der Waals surface area contributed by atoms with E-state index in [1.807, 2.05) is 163 Å². The van der Waals surface area contributed by atoms with E-state index in [1.54, 1.807) is 13.3 Å². The van der Waals surface area contributed by atoms with Crippen LogP contribution < -0.4 is 4.90 Å². The van der Waals surface area contributed by atoms with Gasteiger partial charge in [0.15, 0.2) is 0 Å². The molecule has 4 aromatic rings. The molecule has 0 saturated carbocycles.